The summed E-state index contributed by atoms with van der Waals surface area (Å²) in [5.74, 6) is 0.644. The highest BCUT2D eigenvalue weighted by atomic mass is 35.5. The maximum absolute atomic E-state index is 13.6. The van der Waals surface area contributed by atoms with Crippen LogP contribution in [0, 0.1) is 0 Å². The molecule has 3 aromatic rings. The molecule has 0 bridgehead atoms. The van der Waals surface area contributed by atoms with Crippen molar-refractivity contribution in [2.24, 2.45) is 0 Å². The van der Waals surface area contributed by atoms with Crippen LogP contribution in [0.2, 0.25) is 5.02 Å². The Hall–Kier alpha value is -3.22. The smallest absolute Gasteiger partial charge is 0.411 e. The summed E-state index contributed by atoms with van der Waals surface area (Å²) < 4.78 is 16.8. The number of amides is 2. The van der Waals surface area contributed by atoms with Gasteiger partial charge in [-0.05, 0) is 57.5 Å². The predicted octanol–water partition coefficient (Wildman–Crippen LogP) is 6.13. The van der Waals surface area contributed by atoms with E-state index in [9.17, 15) is 14.4 Å². The fourth-order valence-corrected chi connectivity index (χ4v) is 5.41. The van der Waals surface area contributed by atoms with E-state index in [1.807, 2.05) is 36.4 Å². The van der Waals surface area contributed by atoms with Gasteiger partial charge in [-0.1, -0.05) is 29.4 Å². The molecule has 2 aromatic heterocycles. The van der Waals surface area contributed by atoms with Gasteiger partial charge in [0.2, 0.25) is 0 Å². The number of hydrogen-bond donors (Lipinski definition) is 2. The number of alkyl carbamates (subject to hydrolysis) is 1. The van der Waals surface area contributed by atoms with E-state index in [1.165, 1.54) is 18.2 Å². The molecule has 13 heteroatoms. The molecule has 0 saturated heterocycles. The van der Waals surface area contributed by atoms with Gasteiger partial charge in [0.25, 0.3) is 0 Å². The zero-order valence-electron chi connectivity index (χ0n) is 23.5. The summed E-state index contributed by atoms with van der Waals surface area (Å²) in [6.45, 7) is 5.54. The van der Waals surface area contributed by atoms with Crippen LogP contribution < -0.4 is 5.32 Å². The summed E-state index contributed by atoms with van der Waals surface area (Å²) in [4.78, 5) is 49.1. The van der Waals surface area contributed by atoms with Crippen LogP contribution in [0.4, 0.5) is 9.59 Å². The third-order valence-electron chi connectivity index (χ3n) is 6.23. The van der Waals surface area contributed by atoms with Crippen LogP contribution in [0.3, 0.4) is 0 Å². The van der Waals surface area contributed by atoms with Crippen LogP contribution in [-0.2, 0) is 20.7 Å². The third kappa shape index (κ3) is 8.65. The number of aromatic nitrogens is 2. The molecule has 42 heavy (non-hydrogen) atoms. The Morgan fingerprint density at radius 2 is 1.93 bits per heavy atom. The van der Waals surface area contributed by atoms with E-state index in [1.54, 1.807) is 31.9 Å². The van der Waals surface area contributed by atoms with E-state index in [4.69, 9.17) is 25.5 Å². The minimum atomic E-state index is -0.762. The Morgan fingerprint density at radius 1 is 1.17 bits per heavy atom. The Labute approximate surface area is 259 Å². The number of fused-ring (bicyclic) bond motifs is 1. The second-order valence-corrected chi connectivity index (χ2v) is 12.5. The van der Waals surface area contributed by atoms with Gasteiger partial charge in [0.15, 0.2) is 12.2 Å². The van der Waals surface area contributed by atoms with E-state index in [-0.39, 0.29) is 31.1 Å². The summed E-state index contributed by atoms with van der Waals surface area (Å²) in [5.41, 5.74) is 0.604. The SMILES string of the molecule is CC(C)(C)OC(=O)N1C(CNC(=O)OCCCC(=O)CS)Cc2ncoc2C1c1ccc(Sc2ccc(Cl)cc2)nc1. The van der Waals surface area contributed by atoms with E-state index in [0.29, 0.717) is 34.9 Å². The van der Waals surface area contributed by atoms with Gasteiger partial charge in [0.1, 0.15) is 22.5 Å². The van der Waals surface area contributed by atoms with Gasteiger partial charge in [-0.2, -0.15) is 12.6 Å². The number of pyridine rings is 1. The van der Waals surface area contributed by atoms with Crippen LogP contribution in [-0.4, -0.2) is 63.4 Å². The third-order valence-corrected chi connectivity index (χ3v) is 7.79. The average Bonchev–Trinajstić information content (AvgIpc) is 3.42. The second kappa shape index (κ2) is 14.3. The lowest BCUT2D eigenvalue weighted by molar-refractivity contribution is -0.116. The molecule has 2 atom stereocenters. The summed E-state index contributed by atoms with van der Waals surface area (Å²) in [6.07, 6.45) is 2.85. The number of oxazole rings is 1. The molecule has 0 aliphatic carbocycles. The number of nitrogens with zero attached hydrogens (tertiary/aromatic N) is 3. The number of carbonyl (C=O) groups excluding carboxylic acids is 3. The molecular weight excluding hydrogens is 600 g/mol. The molecular formula is C29H33ClN4O6S2. The predicted molar refractivity (Wildman–Crippen MR) is 161 cm³/mol. The van der Waals surface area contributed by atoms with Crippen molar-refractivity contribution in [3.63, 3.8) is 0 Å². The van der Waals surface area contributed by atoms with Crippen molar-refractivity contribution in [1.82, 2.24) is 20.2 Å². The molecule has 0 radical (unpaired) electrons. The second-order valence-electron chi connectivity index (χ2n) is 10.6. The maximum Gasteiger partial charge on any atom is 0.411 e. The fourth-order valence-electron chi connectivity index (χ4n) is 4.37. The molecule has 4 rings (SSSR count). The monoisotopic (exact) mass is 632 g/mol. The van der Waals surface area contributed by atoms with Crippen molar-refractivity contribution >= 4 is 54.0 Å². The molecule has 1 aliphatic heterocycles. The number of ether oxygens (including phenoxy) is 2. The minimum Gasteiger partial charge on any atom is -0.450 e. The van der Waals surface area contributed by atoms with Crippen molar-refractivity contribution in [2.75, 3.05) is 18.9 Å². The molecule has 2 amide bonds. The standard InChI is InChI=1S/C29H33ClN4O6S2/c1-29(2,3)40-28(37)34-20(15-32-27(36)38-12-4-5-21(35)16-41)13-23-26(39-17-33-23)25(34)18-6-11-24(31-14-18)42-22-9-7-19(30)8-10-22/h6-11,14,17,20,25,41H,4-5,12-13,15-16H2,1-3H3,(H,32,36). The summed E-state index contributed by atoms with van der Waals surface area (Å²) in [7, 11) is 0. The highest BCUT2D eigenvalue weighted by molar-refractivity contribution is 7.99. The number of ketones is 1. The van der Waals surface area contributed by atoms with Crippen molar-refractivity contribution < 1.29 is 28.3 Å². The average molecular weight is 633 g/mol. The zero-order chi connectivity index (χ0) is 30.3. The molecule has 224 valence electrons. The van der Waals surface area contributed by atoms with Crippen LogP contribution >= 0.6 is 36.0 Å². The minimum absolute atomic E-state index is 0.0156. The molecule has 0 spiro atoms. The van der Waals surface area contributed by atoms with Crippen LogP contribution in [0.1, 0.15) is 56.7 Å². The van der Waals surface area contributed by atoms with E-state index in [2.05, 4.69) is 27.9 Å². The lowest BCUT2D eigenvalue weighted by Gasteiger charge is -2.41. The van der Waals surface area contributed by atoms with E-state index < -0.39 is 29.9 Å². The number of benzene rings is 1. The number of rotatable bonds is 10. The highest BCUT2D eigenvalue weighted by Gasteiger charge is 2.43. The van der Waals surface area contributed by atoms with Gasteiger partial charge in [0.05, 0.1) is 18.3 Å². The molecule has 10 nitrogen and oxygen atoms in total. The largest absolute Gasteiger partial charge is 0.450 e. The van der Waals surface area contributed by atoms with Crippen molar-refractivity contribution in [3.8, 4) is 0 Å². The van der Waals surface area contributed by atoms with E-state index in [0.717, 1.165) is 9.92 Å². The van der Waals surface area contributed by atoms with Gasteiger partial charge in [0, 0.05) is 46.8 Å². The van der Waals surface area contributed by atoms with Gasteiger partial charge in [-0.3, -0.25) is 9.69 Å². The summed E-state index contributed by atoms with van der Waals surface area (Å²) in [5, 5.41) is 4.16. The zero-order valence-corrected chi connectivity index (χ0v) is 26.0. The quantitative estimate of drug-likeness (QED) is 0.201. The molecule has 3 heterocycles. The van der Waals surface area contributed by atoms with Crippen molar-refractivity contribution in [1.29, 1.82) is 0 Å². The van der Waals surface area contributed by atoms with Crippen LogP contribution in [0.5, 0.6) is 0 Å². The molecule has 1 aromatic carbocycles. The summed E-state index contributed by atoms with van der Waals surface area (Å²) in [6, 6.07) is 10.0. The first-order valence-corrected chi connectivity index (χ1v) is 15.2. The molecule has 0 saturated carbocycles. The van der Waals surface area contributed by atoms with E-state index >= 15 is 0 Å². The Bertz CT molecular complexity index is 1380. The Balaban J connectivity index is 1.54. The maximum atomic E-state index is 13.6. The number of nitrogens with one attached hydrogen (secondary N) is 1. The normalized spacial score (nSPS) is 16.5. The molecule has 2 unspecified atom stereocenters. The van der Waals surface area contributed by atoms with Crippen LogP contribution in [0.15, 0.2) is 63.3 Å². The number of carbonyl (C=O) groups is 3. The van der Waals surface area contributed by atoms with Gasteiger partial charge >= 0.3 is 12.2 Å². The first-order valence-electron chi connectivity index (χ1n) is 13.4. The lowest BCUT2D eigenvalue weighted by Crippen LogP contribution is -2.53. The number of Topliss-reactive ketones (excluding diaryl/α,β-unsaturated/α-hetero) is 1. The fraction of sp³-hybridized carbons (Fsp3) is 0.414. The molecule has 1 aliphatic rings. The topological polar surface area (TPSA) is 124 Å². The van der Waals surface area contributed by atoms with Gasteiger partial charge in [-0.15, -0.1) is 0 Å². The summed E-state index contributed by atoms with van der Waals surface area (Å²) >= 11 is 11.4. The van der Waals surface area contributed by atoms with Gasteiger partial charge < -0.3 is 19.2 Å². The number of thiol groups is 1. The lowest BCUT2D eigenvalue weighted by atomic mass is 9.93. The Kier molecular flexibility index (Phi) is 10.8. The first kappa shape index (κ1) is 31.7. The highest BCUT2D eigenvalue weighted by Crippen LogP contribution is 2.39. The van der Waals surface area contributed by atoms with Crippen LogP contribution in [0.25, 0.3) is 0 Å². The van der Waals surface area contributed by atoms with Crippen molar-refractivity contribution in [2.45, 2.75) is 67.6 Å². The first-order chi connectivity index (χ1) is 20.0. The molecule has 0 fully saturated rings. The van der Waals surface area contributed by atoms with Gasteiger partial charge in [-0.25, -0.2) is 19.6 Å². The molecule has 1 N–H and O–H groups in total. The number of halogens is 1. The number of hydrogen-bond acceptors (Lipinski definition) is 10. The Morgan fingerprint density at radius 3 is 2.60 bits per heavy atom. The van der Waals surface area contributed by atoms with Crippen molar-refractivity contribution in [3.05, 3.63) is 71.0 Å².